The van der Waals surface area contributed by atoms with Crippen LogP contribution in [-0.4, -0.2) is 22.1 Å². The topological polar surface area (TPSA) is 52.7 Å². The summed E-state index contributed by atoms with van der Waals surface area (Å²) in [5.41, 5.74) is 2.06. The van der Waals surface area contributed by atoms with Gasteiger partial charge in [-0.25, -0.2) is 4.98 Å². The van der Waals surface area contributed by atoms with Crippen LogP contribution in [0.1, 0.15) is 11.4 Å². The van der Waals surface area contributed by atoms with Crippen molar-refractivity contribution in [1.29, 1.82) is 0 Å². The second-order valence-electron chi connectivity index (χ2n) is 2.41. The van der Waals surface area contributed by atoms with Gasteiger partial charge in [-0.15, -0.1) is 12.4 Å². The number of aromatic amines is 1. The minimum absolute atomic E-state index is 0. The van der Waals surface area contributed by atoms with Gasteiger partial charge in [0.2, 0.25) is 0 Å². The Bertz CT molecular complexity index is 273. The van der Waals surface area contributed by atoms with Crippen molar-refractivity contribution in [3.8, 4) is 0 Å². The maximum absolute atomic E-state index is 4.91. The third kappa shape index (κ3) is 3.61. The Morgan fingerprint density at radius 1 is 1.69 bits per heavy atom. The zero-order valence-electron chi connectivity index (χ0n) is 7.55. The first-order valence-electron chi connectivity index (χ1n) is 3.68. The predicted octanol–water partition coefficient (Wildman–Crippen LogP) is 0.734. The van der Waals surface area contributed by atoms with Crippen molar-refractivity contribution in [3.05, 3.63) is 17.7 Å². The Labute approximate surface area is 88.9 Å². The molecule has 0 bridgehead atoms. The van der Waals surface area contributed by atoms with Gasteiger partial charge in [0.25, 0.3) is 0 Å². The van der Waals surface area contributed by atoms with Gasteiger partial charge in [0.15, 0.2) is 5.11 Å². The molecule has 0 amide bonds. The molecule has 1 aromatic heterocycles. The highest BCUT2D eigenvalue weighted by Crippen LogP contribution is 1.98. The molecule has 0 aromatic carbocycles. The van der Waals surface area contributed by atoms with Gasteiger partial charge in [0, 0.05) is 12.7 Å². The Balaban J connectivity index is 0.00000144. The fourth-order valence-electron chi connectivity index (χ4n) is 0.818. The Morgan fingerprint density at radius 3 is 2.85 bits per heavy atom. The number of hydrogen-bond acceptors (Lipinski definition) is 2. The first-order chi connectivity index (χ1) is 5.74. The van der Waals surface area contributed by atoms with Gasteiger partial charge in [-0.3, -0.25) is 0 Å². The molecule has 0 aliphatic rings. The minimum Gasteiger partial charge on any atom is -0.366 e. The smallest absolute Gasteiger partial charge is 0.166 e. The highest BCUT2D eigenvalue weighted by Gasteiger charge is 1.99. The highest BCUT2D eigenvalue weighted by molar-refractivity contribution is 7.80. The number of thiocarbonyl (C=S) groups is 1. The van der Waals surface area contributed by atoms with Crippen molar-refractivity contribution >= 4 is 29.7 Å². The van der Waals surface area contributed by atoms with Crippen molar-refractivity contribution in [2.75, 3.05) is 7.05 Å². The lowest BCUT2D eigenvalue weighted by atomic mass is 10.3. The van der Waals surface area contributed by atoms with Crippen molar-refractivity contribution < 1.29 is 0 Å². The third-order valence-corrected chi connectivity index (χ3v) is 1.93. The van der Waals surface area contributed by atoms with E-state index in [1.54, 1.807) is 13.4 Å². The summed E-state index contributed by atoms with van der Waals surface area (Å²) in [4.78, 5) is 7.11. The van der Waals surface area contributed by atoms with E-state index in [1.165, 1.54) is 0 Å². The molecule has 1 aromatic rings. The lowest BCUT2D eigenvalue weighted by Crippen LogP contribution is -2.32. The third-order valence-electron chi connectivity index (χ3n) is 1.58. The minimum atomic E-state index is 0. The van der Waals surface area contributed by atoms with E-state index in [-0.39, 0.29) is 12.4 Å². The number of halogens is 1. The summed E-state index contributed by atoms with van der Waals surface area (Å²) in [6.45, 7) is 2.64. The zero-order valence-corrected chi connectivity index (χ0v) is 9.18. The normalized spacial score (nSPS) is 8.77. The van der Waals surface area contributed by atoms with Crippen LogP contribution in [0.3, 0.4) is 0 Å². The van der Waals surface area contributed by atoms with Crippen LogP contribution in [0.25, 0.3) is 0 Å². The van der Waals surface area contributed by atoms with Crippen LogP contribution in [0.4, 0.5) is 0 Å². The number of rotatable bonds is 2. The molecule has 4 nitrogen and oxygen atoms in total. The molecule has 0 fully saturated rings. The number of nitrogens with one attached hydrogen (secondary N) is 3. The SMILES string of the molecule is CNC(=S)NCc1nc[nH]c1C.Cl. The zero-order chi connectivity index (χ0) is 8.97. The second kappa shape index (κ2) is 5.77. The van der Waals surface area contributed by atoms with Crippen molar-refractivity contribution in [2.24, 2.45) is 0 Å². The molecule has 0 aliphatic carbocycles. The summed E-state index contributed by atoms with van der Waals surface area (Å²) in [6.07, 6.45) is 1.68. The maximum atomic E-state index is 4.91. The average Bonchev–Trinajstić information content (AvgIpc) is 2.47. The average molecular weight is 221 g/mol. The maximum Gasteiger partial charge on any atom is 0.166 e. The highest BCUT2D eigenvalue weighted by atomic mass is 35.5. The fraction of sp³-hybridized carbons (Fsp3) is 0.429. The second-order valence-corrected chi connectivity index (χ2v) is 2.82. The van der Waals surface area contributed by atoms with Crippen LogP contribution in [0.15, 0.2) is 6.33 Å². The predicted molar refractivity (Wildman–Crippen MR) is 59.1 cm³/mol. The molecule has 74 valence electrons. The summed E-state index contributed by atoms with van der Waals surface area (Å²) in [5.74, 6) is 0. The van der Waals surface area contributed by atoms with E-state index in [9.17, 15) is 0 Å². The Hall–Kier alpha value is -0.810. The summed E-state index contributed by atoms with van der Waals surface area (Å²) < 4.78 is 0. The van der Waals surface area contributed by atoms with E-state index < -0.39 is 0 Å². The van der Waals surface area contributed by atoms with E-state index in [2.05, 4.69) is 20.6 Å². The number of aryl methyl sites for hydroxylation is 1. The molecular formula is C7H13ClN4S. The first-order valence-corrected chi connectivity index (χ1v) is 4.09. The number of aromatic nitrogens is 2. The fourth-order valence-corrected chi connectivity index (χ4v) is 0.890. The number of hydrogen-bond donors (Lipinski definition) is 3. The molecule has 1 rings (SSSR count). The molecule has 0 saturated heterocycles. The molecule has 0 aliphatic heterocycles. The molecule has 6 heteroatoms. The lowest BCUT2D eigenvalue weighted by molar-refractivity contribution is 0.856. The standard InChI is InChI=1S/C7H12N4S.ClH/c1-5-6(11-4-10-5)3-9-7(12)8-2;/h4H,3H2,1-2H3,(H,10,11)(H2,8,9,12);1H. The molecule has 0 unspecified atom stereocenters. The summed E-state index contributed by atoms with van der Waals surface area (Å²) in [5, 5.41) is 6.48. The van der Waals surface area contributed by atoms with Crippen LogP contribution >= 0.6 is 24.6 Å². The van der Waals surface area contributed by atoms with Gasteiger partial charge in [-0.2, -0.15) is 0 Å². The molecule has 13 heavy (non-hydrogen) atoms. The molecule has 0 radical (unpaired) electrons. The van der Waals surface area contributed by atoms with Gasteiger partial charge < -0.3 is 15.6 Å². The summed E-state index contributed by atoms with van der Waals surface area (Å²) >= 11 is 4.91. The number of imidazole rings is 1. The Morgan fingerprint density at radius 2 is 2.38 bits per heavy atom. The quantitative estimate of drug-likeness (QED) is 0.644. The summed E-state index contributed by atoms with van der Waals surface area (Å²) in [7, 11) is 1.78. The number of nitrogens with zero attached hydrogens (tertiary/aromatic N) is 1. The Kier molecular flexibility index (Phi) is 5.41. The van der Waals surface area contributed by atoms with E-state index in [0.29, 0.717) is 11.7 Å². The first kappa shape index (κ1) is 12.2. The van der Waals surface area contributed by atoms with Crippen LogP contribution in [-0.2, 0) is 6.54 Å². The summed E-state index contributed by atoms with van der Waals surface area (Å²) in [6, 6.07) is 0. The van der Waals surface area contributed by atoms with Gasteiger partial charge in [-0.1, -0.05) is 0 Å². The van der Waals surface area contributed by atoms with E-state index in [0.717, 1.165) is 11.4 Å². The van der Waals surface area contributed by atoms with E-state index in [4.69, 9.17) is 12.2 Å². The van der Waals surface area contributed by atoms with Gasteiger partial charge in [-0.05, 0) is 19.1 Å². The lowest BCUT2D eigenvalue weighted by Gasteiger charge is -2.04. The van der Waals surface area contributed by atoms with Crippen LogP contribution in [0.5, 0.6) is 0 Å². The van der Waals surface area contributed by atoms with E-state index >= 15 is 0 Å². The molecule has 1 heterocycles. The molecule has 0 atom stereocenters. The van der Waals surface area contributed by atoms with Gasteiger partial charge >= 0.3 is 0 Å². The van der Waals surface area contributed by atoms with Crippen molar-refractivity contribution in [2.45, 2.75) is 13.5 Å². The van der Waals surface area contributed by atoms with Crippen LogP contribution in [0, 0.1) is 6.92 Å². The number of H-pyrrole nitrogens is 1. The molecule has 3 N–H and O–H groups in total. The monoisotopic (exact) mass is 220 g/mol. The van der Waals surface area contributed by atoms with Crippen LogP contribution in [0.2, 0.25) is 0 Å². The molecule has 0 saturated carbocycles. The molecular weight excluding hydrogens is 208 g/mol. The van der Waals surface area contributed by atoms with Gasteiger partial charge in [0.1, 0.15) is 0 Å². The molecule has 0 spiro atoms. The van der Waals surface area contributed by atoms with Crippen molar-refractivity contribution in [1.82, 2.24) is 20.6 Å². The van der Waals surface area contributed by atoms with Crippen LogP contribution < -0.4 is 10.6 Å². The van der Waals surface area contributed by atoms with Gasteiger partial charge in [0.05, 0.1) is 18.6 Å². The van der Waals surface area contributed by atoms with Crippen molar-refractivity contribution in [3.63, 3.8) is 0 Å². The van der Waals surface area contributed by atoms with E-state index in [1.807, 2.05) is 6.92 Å². The largest absolute Gasteiger partial charge is 0.366 e.